The van der Waals surface area contributed by atoms with Crippen LogP contribution < -0.4 is 4.90 Å². The number of hydrogen-bond acceptors (Lipinski definition) is 3. The van der Waals surface area contributed by atoms with Gasteiger partial charge >= 0.3 is 5.97 Å². The zero-order valence-electron chi connectivity index (χ0n) is 11.2. The lowest BCUT2D eigenvalue weighted by molar-refractivity contribution is -0.127. The first kappa shape index (κ1) is 13.1. The van der Waals surface area contributed by atoms with E-state index in [0.717, 1.165) is 30.5 Å². The quantitative estimate of drug-likeness (QED) is 0.894. The van der Waals surface area contributed by atoms with Crippen LogP contribution in [0.5, 0.6) is 0 Å². The van der Waals surface area contributed by atoms with Gasteiger partial charge in [0, 0.05) is 18.8 Å². The molecule has 1 aromatic rings. The highest BCUT2D eigenvalue weighted by atomic mass is 16.5. The van der Waals surface area contributed by atoms with Crippen molar-refractivity contribution < 1.29 is 19.4 Å². The molecule has 0 aliphatic carbocycles. The normalized spacial score (nSPS) is 21.6. The number of benzene rings is 1. The van der Waals surface area contributed by atoms with Crippen LogP contribution in [0.15, 0.2) is 18.2 Å². The second kappa shape index (κ2) is 5.25. The van der Waals surface area contributed by atoms with Crippen molar-refractivity contribution in [3.63, 3.8) is 0 Å². The number of carboxylic acid groups (broad SMARTS) is 1. The third-order valence-corrected chi connectivity index (χ3v) is 3.95. The van der Waals surface area contributed by atoms with E-state index in [2.05, 4.69) is 0 Å². The molecule has 0 radical (unpaired) electrons. The molecule has 0 bridgehead atoms. The van der Waals surface area contributed by atoms with E-state index in [9.17, 15) is 14.7 Å². The van der Waals surface area contributed by atoms with Crippen LogP contribution in [-0.4, -0.2) is 36.2 Å². The molecule has 2 heterocycles. The second-order valence-corrected chi connectivity index (χ2v) is 5.20. The standard InChI is InChI=1S/C15H17NO4/c17-14(13-7-3-9-20-13)16-8-2-5-10-11(15(18)19)4-1-6-12(10)16/h1,4,6,13H,2-3,5,7-9H2,(H,18,19)/t13-/m1/s1. The minimum absolute atomic E-state index is 0.0361. The molecule has 5 heteroatoms. The number of rotatable bonds is 2. The lowest BCUT2D eigenvalue weighted by Gasteiger charge is -2.31. The van der Waals surface area contributed by atoms with E-state index in [0.29, 0.717) is 25.1 Å². The predicted octanol–water partition coefficient (Wildman–Crippen LogP) is 1.84. The van der Waals surface area contributed by atoms with Gasteiger partial charge in [-0.2, -0.15) is 0 Å². The van der Waals surface area contributed by atoms with Crippen LogP contribution >= 0.6 is 0 Å². The Morgan fingerprint density at radius 2 is 2.15 bits per heavy atom. The van der Waals surface area contributed by atoms with Gasteiger partial charge in [-0.25, -0.2) is 4.79 Å². The van der Waals surface area contributed by atoms with Gasteiger partial charge in [0.15, 0.2) is 0 Å². The molecule has 0 spiro atoms. The third-order valence-electron chi connectivity index (χ3n) is 3.95. The van der Waals surface area contributed by atoms with E-state index in [4.69, 9.17) is 4.74 Å². The molecule has 0 aromatic heterocycles. The summed E-state index contributed by atoms with van der Waals surface area (Å²) in [6, 6.07) is 5.12. The maximum absolute atomic E-state index is 12.5. The molecule has 1 fully saturated rings. The van der Waals surface area contributed by atoms with Crippen LogP contribution in [0.4, 0.5) is 5.69 Å². The molecule has 1 atom stereocenters. The zero-order chi connectivity index (χ0) is 14.1. The van der Waals surface area contributed by atoms with Crippen LogP contribution in [0, 0.1) is 0 Å². The Morgan fingerprint density at radius 3 is 2.85 bits per heavy atom. The second-order valence-electron chi connectivity index (χ2n) is 5.20. The summed E-state index contributed by atoms with van der Waals surface area (Å²) < 4.78 is 5.45. The van der Waals surface area contributed by atoms with E-state index in [1.807, 2.05) is 6.07 Å². The molecule has 0 unspecified atom stereocenters. The van der Waals surface area contributed by atoms with Gasteiger partial charge in [0.1, 0.15) is 6.10 Å². The van der Waals surface area contributed by atoms with Crippen LogP contribution in [0.3, 0.4) is 0 Å². The number of amides is 1. The molecule has 1 aromatic carbocycles. The summed E-state index contributed by atoms with van der Waals surface area (Å²) in [4.78, 5) is 25.5. The molecule has 2 aliphatic rings. The predicted molar refractivity (Wildman–Crippen MR) is 73.0 cm³/mol. The lowest BCUT2D eigenvalue weighted by atomic mass is 9.95. The number of hydrogen-bond donors (Lipinski definition) is 1. The van der Waals surface area contributed by atoms with Crippen molar-refractivity contribution in [3.05, 3.63) is 29.3 Å². The van der Waals surface area contributed by atoms with Crippen molar-refractivity contribution in [3.8, 4) is 0 Å². The van der Waals surface area contributed by atoms with E-state index in [1.54, 1.807) is 17.0 Å². The van der Waals surface area contributed by atoms with Crippen LogP contribution in [0.25, 0.3) is 0 Å². The highest BCUT2D eigenvalue weighted by molar-refractivity contribution is 6.00. The Morgan fingerprint density at radius 1 is 1.30 bits per heavy atom. The molecule has 1 N–H and O–H groups in total. The smallest absolute Gasteiger partial charge is 0.336 e. The van der Waals surface area contributed by atoms with E-state index in [1.165, 1.54) is 0 Å². The summed E-state index contributed by atoms with van der Waals surface area (Å²) in [5, 5.41) is 9.25. The Balaban J connectivity index is 1.95. The number of carboxylic acids is 1. The summed E-state index contributed by atoms with van der Waals surface area (Å²) in [7, 11) is 0. The highest BCUT2D eigenvalue weighted by Crippen LogP contribution is 2.31. The summed E-state index contributed by atoms with van der Waals surface area (Å²) in [6.07, 6.45) is 2.78. The molecule has 1 amide bonds. The first-order valence-electron chi connectivity index (χ1n) is 6.96. The largest absolute Gasteiger partial charge is 0.478 e. The minimum atomic E-state index is -0.937. The van der Waals surface area contributed by atoms with Crippen molar-refractivity contribution in [2.45, 2.75) is 31.8 Å². The zero-order valence-corrected chi connectivity index (χ0v) is 11.2. The number of anilines is 1. The summed E-state index contributed by atoms with van der Waals surface area (Å²) in [6.45, 7) is 1.26. The Hall–Kier alpha value is -1.88. The molecular formula is C15H17NO4. The number of fused-ring (bicyclic) bond motifs is 1. The highest BCUT2D eigenvalue weighted by Gasteiger charge is 2.32. The number of aromatic carboxylic acids is 1. The molecule has 5 nitrogen and oxygen atoms in total. The molecule has 106 valence electrons. The van der Waals surface area contributed by atoms with E-state index in [-0.39, 0.29) is 12.0 Å². The maximum atomic E-state index is 12.5. The lowest BCUT2D eigenvalue weighted by Crippen LogP contribution is -2.42. The number of carbonyl (C=O) groups excluding carboxylic acids is 1. The molecule has 3 rings (SSSR count). The van der Waals surface area contributed by atoms with Gasteiger partial charge in [-0.1, -0.05) is 6.07 Å². The Labute approximate surface area is 117 Å². The number of carbonyl (C=O) groups is 2. The summed E-state index contributed by atoms with van der Waals surface area (Å²) >= 11 is 0. The van der Waals surface area contributed by atoms with Crippen LogP contribution in [0.1, 0.15) is 35.2 Å². The minimum Gasteiger partial charge on any atom is -0.478 e. The number of ether oxygens (including phenoxy) is 1. The average molecular weight is 275 g/mol. The summed E-state index contributed by atoms with van der Waals surface area (Å²) in [5.41, 5.74) is 1.79. The van der Waals surface area contributed by atoms with Crippen molar-refractivity contribution >= 4 is 17.6 Å². The van der Waals surface area contributed by atoms with Crippen molar-refractivity contribution in [2.75, 3.05) is 18.1 Å². The van der Waals surface area contributed by atoms with Gasteiger partial charge in [-0.3, -0.25) is 4.79 Å². The topological polar surface area (TPSA) is 66.8 Å². The van der Waals surface area contributed by atoms with Gasteiger partial charge in [0.25, 0.3) is 5.91 Å². The van der Waals surface area contributed by atoms with Crippen LogP contribution in [-0.2, 0) is 16.0 Å². The fraction of sp³-hybridized carbons (Fsp3) is 0.467. The van der Waals surface area contributed by atoms with Crippen LogP contribution in [0.2, 0.25) is 0 Å². The Bertz CT molecular complexity index is 549. The monoisotopic (exact) mass is 275 g/mol. The maximum Gasteiger partial charge on any atom is 0.336 e. The molecule has 1 saturated heterocycles. The van der Waals surface area contributed by atoms with Gasteiger partial charge in [-0.15, -0.1) is 0 Å². The van der Waals surface area contributed by atoms with Gasteiger partial charge in [0.05, 0.1) is 5.56 Å². The van der Waals surface area contributed by atoms with Crippen molar-refractivity contribution in [1.82, 2.24) is 0 Å². The van der Waals surface area contributed by atoms with E-state index < -0.39 is 5.97 Å². The van der Waals surface area contributed by atoms with Gasteiger partial charge in [-0.05, 0) is 43.4 Å². The van der Waals surface area contributed by atoms with Gasteiger partial charge < -0.3 is 14.7 Å². The average Bonchev–Trinajstić information content (AvgIpc) is 2.99. The van der Waals surface area contributed by atoms with Crippen molar-refractivity contribution in [1.29, 1.82) is 0 Å². The SMILES string of the molecule is O=C(O)c1cccc2c1CCCN2C(=O)[C@H]1CCCO1. The van der Waals surface area contributed by atoms with Gasteiger partial charge in [0.2, 0.25) is 0 Å². The number of nitrogens with zero attached hydrogens (tertiary/aromatic N) is 1. The fourth-order valence-electron chi connectivity index (χ4n) is 3.00. The fourth-order valence-corrected chi connectivity index (χ4v) is 3.00. The molecular weight excluding hydrogens is 258 g/mol. The molecule has 20 heavy (non-hydrogen) atoms. The first-order chi connectivity index (χ1) is 9.68. The molecule has 0 saturated carbocycles. The van der Waals surface area contributed by atoms with Crippen molar-refractivity contribution in [2.24, 2.45) is 0 Å². The summed E-state index contributed by atoms with van der Waals surface area (Å²) in [5.74, 6) is -0.973. The first-order valence-corrected chi connectivity index (χ1v) is 6.96. The molecule has 2 aliphatic heterocycles. The third kappa shape index (κ3) is 2.18. The Kier molecular flexibility index (Phi) is 3.44. The van der Waals surface area contributed by atoms with E-state index >= 15 is 0 Å².